The quantitative estimate of drug-likeness (QED) is 0.835. The summed E-state index contributed by atoms with van der Waals surface area (Å²) in [6.45, 7) is 7.78. The highest BCUT2D eigenvalue weighted by atomic mass is 32.1. The van der Waals surface area contributed by atoms with Gasteiger partial charge in [0, 0.05) is 6.54 Å². The Bertz CT molecular complexity index is 388. The first-order chi connectivity index (χ1) is 7.82. The standard InChI is InChI=1S/C11H19N3O2S/c1-7(2)5-11(4,16)6-12-10(15)9-8(3)13-14-17-9/h7,16H,5-6H2,1-4H3,(H,12,15). The Morgan fingerprint density at radius 3 is 2.71 bits per heavy atom. The van der Waals surface area contributed by atoms with Gasteiger partial charge in [-0.3, -0.25) is 4.79 Å². The topological polar surface area (TPSA) is 75.1 Å². The number of hydrogen-bond acceptors (Lipinski definition) is 5. The molecular formula is C11H19N3O2S. The molecule has 0 saturated carbocycles. The summed E-state index contributed by atoms with van der Waals surface area (Å²) >= 11 is 1.07. The van der Waals surface area contributed by atoms with E-state index in [0.29, 0.717) is 22.9 Å². The summed E-state index contributed by atoms with van der Waals surface area (Å²) in [5, 5.41) is 16.5. The van der Waals surface area contributed by atoms with E-state index in [-0.39, 0.29) is 12.5 Å². The molecule has 1 amide bonds. The fourth-order valence-corrected chi connectivity index (χ4v) is 2.32. The Labute approximate surface area is 105 Å². The summed E-state index contributed by atoms with van der Waals surface area (Å²) < 4.78 is 3.70. The minimum atomic E-state index is -0.879. The lowest BCUT2D eigenvalue weighted by Gasteiger charge is -2.25. The van der Waals surface area contributed by atoms with Gasteiger partial charge in [-0.05, 0) is 37.7 Å². The second-order valence-electron chi connectivity index (χ2n) is 4.97. The van der Waals surface area contributed by atoms with Crippen LogP contribution in [-0.2, 0) is 0 Å². The van der Waals surface area contributed by atoms with Crippen LogP contribution in [0.5, 0.6) is 0 Å². The van der Waals surface area contributed by atoms with Crippen LogP contribution in [0.2, 0.25) is 0 Å². The smallest absolute Gasteiger partial charge is 0.265 e. The average Bonchev–Trinajstić information content (AvgIpc) is 2.59. The van der Waals surface area contributed by atoms with Crippen molar-refractivity contribution in [1.29, 1.82) is 0 Å². The highest BCUT2D eigenvalue weighted by molar-refractivity contribution is 7.07. The molecule has 1 unspecified atom stereocenters. The van der Waals surface area contributed by atoms with Crippen LogP contribution in [0.25, 0.3) is 0 Å². The van der Waals surface area contributed by atoms with Crippen LogP contribution in [0.15, 0.2) is 0 Å². The molecule has 1 atom stereocenters. The average molecular weight is 257 g/mol. The monoisotopic (exact) mass is 257 g/mol. The van der Waals surface area contributed by atoms with Crippen molar-refractivity contribution in [3.8, 4) is 0 Å². The molecule has 5 nitrogen and oxygen atoms in total. The number of hydrogen-bond donors (Lipinski definition) is 2. The largest absolute Gasteiger partial charge is 0.388 e. The van der Waals surface area contributed by atoms with Gasteiger partial charge in [0.1, 0.15) is 4.88 Å². The Morgan fingerprint density at radius 1 is 1.59 bits per heavy atom. The van der Waals surface area contributed by atoms with Crippen molar-refractivity contribution in [3.63, 3.8) is 0 Å². The zero-order valence-corrected chi connectivity index (χ0v) is 11.5. The lowest BCUT2D eigenvalue weighted by molar-refractivity contribution is 0.0369. The molecule has 1 heterocycles. The van der Waals surface area contributed by atoms with Gasteiger partial charge in [-0.2, -0.15) is 0 Å². The molecule has 96 valence electrons. The molecule has 1 aromatic rings. The van der Waals surface area contributed by atoms with Crippen LogP contribution >= 0.6 is 11.5 Å². The maximum atomic E-state index is 11.8. The molecular weight excluding hydrogens is 238 g/mol. The van der Waals surface area contributed by atoms with Gasteiger partial charge in [0.25, 0.3) is 5.91 Å². The summed E-state index contributed by atoms with van der Waals surface area (Å²) in [4.78, 5) is 12.3. The molecule has 0 aliphatic rings. The molecule has 0 aromatic carbocycles. The third-order valence-corrected chi connectivity index (χ3v) is 3.16. The minimum absolute atomic E-state index is 0.221. The van der Waals surface area contributed by atoms with Crippen molar-refractivity contribution >= 4 is 17.4 Å². The lowest BCUT2D eigenvalue weighted by atomic mass is 9.94. The lowest BCUT2D eigenvalue weighted by Crippen LogP contribution is -2.41. The third kappa shape index (κ3) is 4.40. The molecule has 17 heavy (non-hydrogen) atoms. The Kier molecular flexibility index (Phi) is 4.59. The van der Waals surface area contributed by atoms with Crippen molar-refractivity contribution in [3.05, 3.63) is 10.6 Å². The molecule has 1 aromatic heterocycles. The molecule has 0 spiro atoms. The molecule has 0 radical (unpaired) electrons. The van der Waals surface area contributed by atoms with Gasteiger partial charge < -0.3 is 10.4 Å². The molecule has 0 saturated heterocycles. The fourth-order valence-electron chi connectivity index (χ4n) is 1.74. The molecule has 6 heteroatoms. The second kappa shape index (κ2) is 5.55. The van der Waals surface area contributed by atoms with E-state index in [2.05, 4.69) is 14.9 Å². The van der Waals surface area contributed by atoms with E-state index >= 15 is 0 Å². The van der Waals surface area contributed by atoms with Gasteiger partial charge in [-0.1, -0.05) is 18.3 Å². The summed E-state index contributed by atoms with van der Waals surface area (Å²) in [5.74, 6) is 0.162. The number of nitrogens with one attached hydrogen (secondary N) is 1. The summed E-state index contributed by atoms with van der Waals surface area (Å²) in [6, 6.07) is 0. The van der Waals surface area contributed by atoms with Crippen molar-refractivity contribution in [2.24, 2.45) is 5.92 Å². The van der Waals surface area contributed by atoms with E-state index in [4.69, 9.17) is 0 Å². The van der Waals surface area contributed by atoms with Crippen LogP contribution in [0.1, 0.15) is 42.6 Å². The highest BCUT2D eigenvalue weighted by Crippen LogP contribution is 2.16. The van der Waals surface area contributed by atoms with E-state index in [1.54, 1.807) is 13.8 Å². The van der Waals surface area contributed by atoms with Crippen molar-refractivity contribution in [2.45, 2.75) is 39.7 Å². The zero-order valence-electron chi connectivity index (χ0n) is 10.6. The Morgan fingerprint density at radius 2 is 2.24 bits per heavy atom. The maximum absolute atomic E-state index is 11.8. The van der Waals surface area contributed by atoms with E-state index in [9.17, 15) is 9.90 Å². The van der Waals surface area contributed by atoms with Crippen LogP contribution in [0, 0.1) is 12.8 Å². The summed E-state index contributed by atoms with van der Waals surface area (Å²) in [6.07, 6.45) is 0.646. The van der Waals surface area contributed by atoms with Gasteiger partial charge in [0.05, 0.1) is 11.3 Å². The van der Waals surface area contributed by atoms with Crippen molar-refractivity contribution in [1.82, 2.24) is 14.9 Å². The molecule has 1 rings (SSSR count). The van der Waals surface area contributed by atoms with Crippen LogP contribution in [0.3, 0.4) is 0 Å². The first-order valence-electron chi connectivity index (χ1n) is 5.61. The van der Waals surface area contributed by atoms with Crippen LogP contribution in [-0.4, -0.2) is 32.7 Å². The predicted molar refractivity (Wildman–Crippen MR) is 67.1 cm³/mol. The van der Waals surface area contributed by atoms with Crippen molar-refractivity contribution in [2.75, 3.05) is 6.54 Å². The second-order valence-corrected chi connectivity index (χ2v) is 5.72. The van der Waals surface area contributed by atoms with Gasteiger partial charge >= 0.3 is 0 Å². The third-order valence-electron chi connectivity index (χ3n) is 2.34. The number of rotatable bonds is 5. The van der Waals surface area contributed by atoms with Crippen LogP contribution in [0.4, 0.5) is 0 Å². The first-order valence-corrected chi connectivity index (χ1v) is 6.39. The van der Waals surface area contributed by atoms with E-state index in [1.165, 1.54) is 0 Å². The fraction of sp³-hybridized carbons (Fsp3) is 0.727. The normalized spacial score (nSPS) is 14.7. The highest BCUT2D eigenvalue weighted by Gasteiger charge is 2.23. The van der Waals surface area contributed by atoms with Gasteiger partial charge in [-0.15, -0.1) is 5.10 Å². The molecule has 0 aliphatic carbocycles. The summed E-state index contributed by atoms with van der Waals surface area (Å²) in [5.41, 5.74) is -0.258. The Hall–Kier alpha value is -1.01. The summed E-state index contributed by atoms with van der Waals surface area (Å²) in [7, 11) is 0. The SMILES string of the molecule is Cc1nnsc1C(=O)NCC(C)(O)CC(C)C. The van der Waals surface area contributed by atoms with Crippen molar-refractivity contribution < 1.29 is 9.90 Å². The van der Waals surface area contributed by atoms with E-state index in [1.807, 2.05) is 13.8 Å². The number of aliphatic hydroxyl groups is 1. The zero-order chi connectivity index (χ0) is 13.1. The first kappa shape index (κ1) is 14.1. The van der Waals surface area contributed by atoms with E-state index < -0.39 is 5.60 Å². The molecule has 0 aliphatic heterocycles. The van der Waals surface area contributed by atoms with Crippen LogP contribution < -0.4 is 5.32 Å². The molecule has 0 bridgehead atoms. The minimum Gasteiger partial charge on any atom is -0.388 e. The van der Waals surface area contributed by atoms with E-state index in [0.717, 1.165) is 11.5 Å². The maximum Gasteiger partial charge on any atom is 0.265 e. The predicted octanol–water partition coefficient (Wildman–Crippen LogP) is 1.37. The van der Waals surface area contributed by atoms with Gasteiger partial charge in [0.2, 0.25) is 0 Å². The molecule has 0 fully saturated rings. The number of carbonyl (C=O) groups is 1. The van der Waals surface area contributed by atoms with Gasteiger partial charge in [-0.25, -0.2) is 0 Å². The number of aromatic nitrogens is 2. The Balaban J connectivity index is 2.51. The number of carbonyl (C=O) groups excluding carboxylic acids is 1. The number of amides is 1. The van der Waals surface area contributed by atoms with Gasteiger partial charge in [0.15, 0.2) is 0 Å². The number of aryl methyl sites for hydroxylation is 1. The molecule has 2 N–H and O–H groups in total. The number of nitrogens with zero attached hydrogens (tertiary/aromatic N) is 2.